The first-order valence-corrected chi connectivity index (χ1v) is 10.9. The highest BCUT2D eigenvalue weighted by atomic mass is 19.4. The van der Waals surface area contributed by atoms with Gasteiger partial charge in [0, 0.05) is 18.5 Å². The third kappa shape index (κ3) is 5.29. The van der Waals surface area contributed by atoms with Crippen LogP contribution in [0.5, 0.6) is 0 Å². The lowest BCUT2D eigenvalue weighted by atomic mass is 10.1. The van der Waals surface area contributed by atoms with E-state index >= 15 is 0 Å². The van der Waals surface area contributed by atoms with Crippen LogP contribution in [-0.4, -0.2) is 28.9 Å². The number of nitrogens with one attached hydrogen (secondary N) is 3. The Balaban J connectivity index is 1.74. The second kappa shape index (κ2) is 10.1. The van der Waals surface area contributed by atoms with Gasteiger partial charge >= 0.3 is 6.18 Å². The van der Waals surface area contributed by atoms with Crippen LogP contribution in [0.15, 0.2) is 54.6 Å². The van der Waals surface area contributed by atoms with Crippen molar-refractivity contribution in [2.24, 2.45) is 0 Å². The predicted octanol–water partition coefficient (Wildman–Crippen LogP) is 5.41. The van der Waals surface area contributed by atoms with E-state index in [-0.39, 0.29) is 23.4 Å². The molecule has 0 aliphatic carbocycles. The van der Waals surface area contributed by atoms with Crippen LogP contribution in [0.3, 0.4) is 0 Å². The van der Waals surface area contributed by atoms with Crippen molar-refractivity contribution in [2.75, 3.05) is 17.7 Å². The Hall–Kier alpha value is -4.69. The summed E-state index contributed by atoms with van der Waals surface area (Å²) >= 11 is 0. The lowest BCUT2D eigenvalue weighted by Crippen LogP contribution is -2.19. The first kappa shape index (κ1) is 25.4. The molecule has 0 atom stereocenters. The Kier molecular flexibility index (Phi) is 6.95. The first-order valence-electron chi connectivity index (χ1n) is 10.9. The summed E-state index contributed by atoms with van der Waals surface area (Å²) in [5.74, 6) is -1.18. The maximum Gasteiger partial charge on any atom is 0.417 e. The summed E-state index contributed by atoms with van der Waals surface area (Å²) in [4.78, 5) is 33.5. The monoisotopic (exact) mass is 507 g/mol. The Morgan fingerprint density at radius 3 is 2.49 bits per heavy atom. The number of carbonyl (C=O) groups excluding carboxylic acids is 2. The third-order valence-electron chi connectivity index (χ3n) is 5.60. The number of hydrogen-bond donors (Lipinski definition) is 3. The smallest absolute Gasteiger partial charge is 0.377 e. The number of rotatable bonds is 6. The molecule has 11 heteroatoms. The van der Waals surface area contributed by atoms with Gasteiger partial charge in [-0.3, -0.25) is 9.59 Å². The molecule has 0 bridgehead atoms. The summed E-state index contributed by atoms with van der Waals surface area (Å²) in [5, 5.41) is 14.5. The number of hydrogen-bond acceptors (Lipinski definition) is 5. The Morgan fingerprint density at radius 1 is 1.05 bits per heavy atom. The number of aromatic amines is 1. The van der Waals surface area contributed by atoms with Crippen LogP contribution in [0.25, 0.3) is 11.0 Å². The van der Waals surface area contributed by atoms with Crippen molar-refractivity contribution in [3.05, 3.63) is 88.2 Å². The van der Waals surface area contributed by atoms with Crippen molar-refractivity contribution < 1.29 is 27.5 Å². The van der Waals surface area contributed by atoms with Gasteiger partial charge in [-0.05, 0) is 48.9 Å². The van der Waals surface area contributed by atoms with E-state index in [1.165, 1.54) is 31.4 Å². The van der Waals surface area contributed by atoms with Gasteiger partial charge in [-0.25, -0.2) is 4.98 Å². The first-order chi connectivity index (χ1) is 17.6. The van der Waals surface area contributed by atoms with Crippen LogP contribution in [0.4, 0.5) is 24.5 Å². The third-order valence-corrected chi connectivity index (χ3v) is 5.60. The molecule has 1 heterocycles. The van der Waals surface area contributed by atoms with E-state index in [0.717, 1.165) is 12.1 Å². The molecule has 37 heavy (non-hydrogen) atoms. The second-order valence-corrected chi connectivity index (χ2v) is 8.08. The fraction of sp³-hybridized carbons (Fsp3) is 0.154. The van der Waals surface area contributed by atoms with Crippen molar-refractivity contribution in [3.8, 4) is 6.07 Å². The molecule has 188 valence electrons. The van der Waals surface area contributed by atoms with Gasteiger partial charge in [-0.2, -0.15) is 18.4 Å². The van der Waals surface area contributed by atoms with Gasteiger partial charge < -0.3 is 20.4 Å². The normalized spacial score (nSPS) is 11.2. The second-order valence-electron chi connectivity index (χ2n) is 8.08. The van der Waals surface area contributed by atoms with Crippen molar-refractivity contribution in [2.45, 2.75) is 19.7 Å². The number of H-pyrrole nitrogens is 1. The number of alkyl halides is 3. The number of halogens is 3. The van der Waals surface area contributed by atoms with Crippen LogP contribution in [0, 0.1) is 18.3 Å². The summed E-state index contributed by atoms with van der Waals surface area (Å²) < 4.78 is 45.3. The molecular formula is C26H20F3N5O3. The average molecular weight is 507 g/mol. The number of aromatic nitrogens is 2. The SMILES string of the molecule is COCc1nc2c(C(=O)Nc3cccc(C#N)c3C)cc(NC(=O)c3ccccc3C(F)(F)F)cc2[nH]1. The summed E-state index contributed by atoms with van der Waals surface area (Å²) in [5.41, 5.74) is 0.469. The van der Waals surface area contributed by atoms with Gasteiger partial charge in [0.15, 0.2) is 0 Å². The van der Waals surface area contributed by atoms with Crippen molar-refractivity contribution in [1.82, 2.24) is 9.97 Å². The van der Waals surface area contributed by atoms with Gasteiger partial charge in [-0.15, -0.1) is 0 Å². The molecule has 0 saturated carbocycles. The molecule has 0 fully saturated rings. The minimum atomic E-state index is -4.73. The topological polar surface area (TPSA) is 120 Å². The van der Waals surface area contributed by atoms with Crippen LogP contribution in [-0.2, 0) is 17.5 Å². The maximum atomic E-state index is 13.4. The minimum Gasteiger partial charge on any atom is -0.377 e. The zero-order valence-electron chi connectivity index (χ0n) is 19.7. The van der Waals surface area contributed by atoms with Crippen LogP contribution >= 0.6 is 0 Å². The number of anilines is 2. The molecular weight excluding hydrogens is 487 g/mol. The van der Waals surface area contributed by atoms with Gasteiger partial charge in [0.1, 0.15) is 17.9 Å². The van der Waals surface area contributed by atoms with Gasteiger partial charge in [0.05, 0.1) is 33.8 Å². The number of amides is 2. The Labute approximate surface area is 209 Å². The average Bonchev–Trinajstić information content (AvgIpc) is 3.26. The highest BCUT2D eigenvalue weighted by Gasteiger charge is 2.35. The fourth-order valence-electron chi connectivity index (χ4n) is 3.83. The quantitative estimate of drug-likeness (QED) is 0.322. The lowest BCUT2D eigenvalue weighted by Gasteiger charge is -2.14. The zero-order valence-corrected chi connectivity index (χ0v) is 19.7. The van der Waals surface area contributed by atoms with E-state index in [1.54, 1.807) is 25.1 Å². The van der Waals surface area contributed by atoms with E-state index in [1.807, 2.05) is 6.07 Å². The molecule has 0 saturated heterocycles. The fourth-order valence-corrected chi connectivity index (χ4v) is 3.83. The Bertz CT molecular complexity index is 1550. The summed E-state index contributed by atoms with van der Waals surface area (Å²) in [6.07, 6.45) is -4.73. The van der Waals surface area contributed by atoms with Crippen molar-refractivity contribution >= 4 is 34.2 Å². The van der Waals surface area contributed by atoms with Crippen LogP contribution in [0.1, 0.15) is 43.2 Å². The van der Waals surface area contributed by atoms with Crippen LogP contribution in [0.2, 0.25) is 0 Å². The van der Waals surface area contributed by atoms with E-state index in [4.69, 9.17) is 4.74 Å². The number of methoxy groups -OCH3 is 1. The molecule has 0 aliphatic heterocycles. The summed E-state index contributed by atoms with van der Waals surface area (Å²) in [6.45, 7) is 1.80. The summed E-state index contributed by atoms with van der Waals surface area (Å²) in [6, 6.07) is 14.1. The molecule has 0 radical (unpaired) electrons. The Morgan fingerprint density at radius 2 is 1.78 bits per heavy atom. The molecule has 0 spiro atoms. The van der Waals surface area contributed by atoms with Crippen LogP contribution < -0.4 is 10.6 Å². The molecule has 3 aromatic carbocycles. The number of ether oxygens (including phenoxy) is 1. The van der Waals surface area contributed by atoms with E-state index in [2.05, 4.69) is 20.6 Å². The largest absolute Gasteiger partial charge is 0.417 e. The van der Waals surface area contributed by atoms with Crippen molar-refractivity contribution in [3.63, 3.8) is 0 Å². The minimum absolute atomic E-state index is 0.0530. The number of nitrogens with zero attached hydrogens (tertiary/aromatic N) is 2. The lowest BCUT2D eigenvalue weighted by molar-refractivity contribution is -0.137. The molecule has 0 aliphatic rings. The van der Waals surface area contributed by atoms with E-state index < -0.39 is 29.1 Å². The molecule has 1 aromatic heterocycles. The van der Waals surface area contributed by atoms with Gasteiger partial charge in [-0.1, -0.05) is 18.2 Å². The predicted molar refractivity (Wildman–Crippen MR) is 130 cm³/mol. The zero-order chi connectivity index (χ0) is 26.7. The highest BCUT2D eigenvalue weighted by molar-refractivity contribution is 6.14. The number of carbonyl (C=O) groups is 2. The van der Waals surface area contributed by atoms with Gasteiger partial charge in [0.25, 0.3) is 11.8 Å². The van der Waals surface area contributed by atoms with E-state index in [9.17, 15) is 28.0 Å². The van der Waals surface area contributed by atoms with Crippen molar-refractivity contribution in [1.29, 1.82) is 5.26 Å². The number of nitriles is 1. The number of benzene rings is 3. The molecule has 4 rings (SSSR count). The molecule has 0 unspecified atom stereocenters. The molecule has 2 amide bonds. The summed E-state index contributed by atoms with van der Waals surface area (Å²) in [7, 11) is 1.47. The molecule has 3 N–H and O–H groups in total. The van der Waals surface area contributed by atoms with E-state index in [0.29, 0.717) is 28.2 Å². The number of fused-ring (bicyclic) bond motifs is 1. The molecule has 8 nitrogen and oxygen atoms in total. The number of imidazole rings is 1. The highest BCUT2D eigenvalue weighted by Crippen LogP contribution is 2.32. The van der Waals surface area contributed by atoms with Gasteiger partial charge in [0.2, 0.25) is 0 Å². The molecule has 4 aromatic rings. The maximum absolute atomic E-state index is 13.4. The standard InChI is InChI=1S/C26H20F3N5O3/c1-14-15(12-30)6-5-9-20(14)33-25(36)18-10-16(11-21-23(18)34-22(32-21)13-37-2)31-24(35)17-7-3-4-8-19(17)26(27,28)29/h3-11H,13H2,1-2H3,(H,31,35)(H,32,34)(H,33,36).